The average molecular weight is 307 g/mol. The Morgan fingerprint density at radius 2 is 1.39 bits per heavy atom. The Morgan fingerprint density at radius 3 is 2.22 bits per heavy atom. The number of benzene rings is 2. The van der Waals surface area contributed by atoms with Crippen molar-refractivity contribution in [3.63, 3.8) is 0 Å². The Labute approximate surface area is 140 Å². The topological polar surface area (TPSA) is 15.8 Å². The molecule has 2 aromatic carbocycles. The largest absolute Gasteiger partial charge is 0.355 e. The van der Waals surface area contributed by atoms with Gasteiger partial charge < -0.3 is 4.98 Å². The molecule has 3 rings (SSSR count). The Balaban J connectivity index is 1.50. The quantitative estimate of drug-likeness (QED) is 0.409. The third kappa shape index (κ3) is 4.16. The van der Waals surface area contributed by atoms with Gasteiger partial charge in [0, 0.05) is 21.8 Å². The molecule has 23 heavy (non-hydrogen) atoms. The molecule has 0 atom stereocenters. The highest BCUT2D eigenvalue weighted by atomic mass is 14.7. The van der Waals surface area contributed by atoms with E-state index in [1.54, 1.807) is 0 Å². The first kappa shape index (κ1) is 16.1. The van der Waals surface area contributed by atoms with Gasteiger partial charge in [-0.3, -0.25) is 0 Å². The molecule has 0 fully saturated rings. The number of para-hydroxylation sites is 1. The zero-order valence-electron chi connectivity index (χ0n) is 14.4. The number of H-pyrrole nitrogens is 1. The first-order valence-electron chi connectivity index (χ1n) is 9.38. The van der Waals surface area contributed by atoms with Crippen LogP contribution in [0.3, 0.4) is 0 Å². The lowest BCUT2D eigenvalue weighted by molar-refractivity contribution is 0.575. The summed E-state index contributed by atoms with van der Waals surface area (Å²) < 4.78 is 0. The lowest BCUT2D eigenvalue weighted by atomic mass is 10.0. The van der Waals surface area contributed by atoms with Gasteiger partial charge >= 0.3 is 0 Å². The number of nitrogens with one attached hydrogen (secondary N) is 1. The molecule has 0 aliphatic heterocycles. The Kier molecular flexibility index (Phi) is 5.74. The van der Waals surface area contributed by atoms with E-state index < -0.39 is 0 Å². The molecule has 0 bridgehead atoms. The number of aromatic amines is 1. The molecular weight excluding hydrogens is 278 g/mol. The fraction of sp³-hybridized carbons (Fsp3) is 0.455. The van der Waals surface area contributed by atoms with Crippen molar-refractivity contribution in [1.82, 2.24) is 4.98 Å². The molecule has 1 heteroatoms. The third-order valence-corrected chi connectivity index (χ3v) is 4.89. The van der Waals surface area contributed by atoms with Gasteiger partial charge in [0.2, 0.25) is 0 Å². The highest BCUT2D eigenvalue weighted by Crippen LogP contribution is 2.26. The van der Waals surface area contributed by atoms with Crippen molar-refractivity contribution >= 4 is 21.8 Å². The molecule has 122 valence electrons. The number of aromatic nitrogens is 1. The van der Waals surface area contributed by atoms with E-state index in [9.17, 15) is 0 Å². The SMILES string of the molecule is CCCCCCCCCCc1ccc2c(c1)[nH]c1ccccc12. The highest BCUT2D eigenvalue weighted by Gasteiger charge is 2.04. The van der Waals surface area contributed by atoms with Crippen LogP contribution in [-0.4, -0.2) is 4.98 Å². The first-order chi connectivity index (χ1) is 11.4. The van der Waals surface area contributed by atoms with Gasteiger partial charge in [-0.1, -0.05) is 82.2 Å². The number of fused-ring (bicyclic) bond motifs is 3. The van der Waals surface area contributed by atoms with Crippen molar-refractivity contribution in [2.75, 3.05) is 0 Å². The summed E-state index contributed by atoms with van der Waals surface area (Å²) >= 11 is 0. The zero-order chi connectivity index (χ0) is 15.9. The molecule has 0 amide bonds. The summed E-state index contributed by atoms with van der Waals surface area (Å²) in [5, 5.41) is 2.68. The van der Waals surface area contributed by atoms with Crippen LogP contribution in [0.2, 0.25) is 0 Å². The van der Waals surface area contributed by atoms with E-state index in [2.05, 4.69) is 54.4 Å². The van der Waals surface area contributed by atoms with Gasteiger partial charge in [-0.25, -0.2) is 0 Å². The van der Waals surface area contributed by atoms with Crippen LogP contribution in [0, 0.1) is 0 Å². The summed E-state index contributed by atoms with van der Waals surface area (Å²) in [7, 11) is 0. The van der Waals surface area contributed by atoms with E-state index >= 15 is 0 Å². The highest BCUT2D eigenvalue weighted by molar-refractivity contribution is 6.07. The predicted octanol–water partition coefficient (Wildman–Crippen LogP) is 7.00. The van der Waals surface area contributed by atoms with Gasteiger partial charge in [-0.05, 0) is 30.5 Å². The third-order valence-electron chi connectivity index (χ3n) is 4.89. The molecule has 0 aliphatic carbocycles. The van der Waals surface area contributed by atoms with Crippen LogP contribution in [0.15, 0.2) is 42.5 Å². The monoisotopic (exact) mass is 307 g/mol. The number of unbranched alkanes of at least 4 members (excludes halogenated alkanes) is 7. The minimum Gasteiger partial charge on any atom is -0.355 e. The second kappa shape index (κ2) is 8.19. The summed E-state index contributed by atoms with van der Waals surface area (Å²) in [6.45, 7) is 2.28. The lowest BCUT2D eigenvalue weighted by Gasteiger charge is -2.03. The standard InChI is InChI=1S/C22H29N/c1-2-3-4-5-6-7-8-9-12-18-15-16-20-19-13-10-11-14-21(19)23-22(20)17-18/h10-11,13-17,23H,2-9,12H2,1H3. The van der Waals surface area contributed by atoms with Crippen LogP contribution >= 0.6 is 0 Å². The summed E-state index contributed by atoms with van der Waals surface area (Å²) in [5.41, 5.74) is 3.99. The van der Waals surface area contributed by atoms with Crippen LogP contribution < -0.4 is 0 Å². The van der Waals surface area contributed by atoms with E-state index in [0.717, 1.165) is 0 Å². The number of rotatable bonds is 9. The van der Waals surface area contributed by atoms with E-state index in [4.69, 9.17) is 0 Å². The Bertz CT molecular complexity index is 738. The van der Waals surface area contributed by atoms with E-state index in [1.165, 1.54) is 85.2 Å². The molecule has 0 saturated heterocycles. The van der Waals surface area contributed by atoms with Gasteiger partial charge in [0.15, 0.2) is 0 Å². The maximum Gasteiger partial charge on any atom is 0.0467 e. The average Bonchev–Trinajstić information content (AvgIpc) is 2.95. The molecule has 0 unspecified atom stereocenters. The van der Waals surface area contributed by atoms with Gasteiger partial charge in [-0.2, -0.15) is 0 Å². The van der Waals surface area contributed by atoms with Gasteiger partial charge in [0.25, 0.3) is 0 Å². The summed E-state index contributed by atoms with van der Waals surface area (Å²) in [6.07, 6.45) is 12.3. The van der Waals surface area contributed by atoms with Gasteiger partial charge in [-0.15, -0.1) is 0 Å². The van der Waals surface area contributed by atoms with Crippen molar-refractivity contribution in [3.8, 4) is 0 Å². The molecule has 0 radical (unpaired) electrons. The Hall–Kier alpha value is -1.76. The normalized spacial score (nSPS) is 11.5. The second-order valence-electron chi connectivity index (χ2n) is 6.78. The number of hydrogen-bond donors (Lipinski definition) is 1. The van der Waals surface area contributed by atoms with Gasteiger partial charge in [0.05, 0.1) is 0 Å². The van der Waals surface area contributed by atoms with E-state index in [1.807, 2.05) is 0 Å². The minimum absolute atomic E-state index is 1.21. The van der Waals surface area contributed by atoms with Crippen molar-refractivity contribution in [3.05, 3.63) is 48.0 Å². The molecule has 1 aromatic heterocycles. The second-order valence-corrected chi connectivity index (χ2v) is 6.78. The van der Waals surface area contributed by atoms with Crippen molar-refractivity contribution < 1.29 is 0 Å². The van der Waals surface area contributed by atoms with Crippen LogP contribution in [0.25, 0.3) is 21.8 Å². The van der Waals surface area contributed by atoms with E-state index in [0.29, 0.717) is 0 Å². The maximum absolute atomic E-state index is 3.55. The molecule has 0 saturated carbocycles. The summed E-state index contributed by atoms with van der Waals surface area (Å²) in [6, 6.07) is 15.5. The Morgan fingerprint density at radius 1 is 0.696 bits per heavy atom. The summed E-state index contributed by atoms with van der Waals surface area (Å²) in [4.78, 5) is 3.55. The number of hydrogen-bond acceptors (Lipinski definition) is 0. The van der Waals surface area contributed by atoms with Crippen molar-refractivity contribution in [2.45, 2.75) is 64.7 Å². The lowest BCUT2D eigenvalue weighted by Crippen LogP contribution is -1.86. The summed E-state index contributed by atoms with van der Waals surface area (Å²) in [5.74, 6) is 0. The molecule has 0 spiro atoms. The minimum atomic E-state index is 1.21. The van der Waals surface area contributed by atoms with Crippen molar-refractivity contribution in [1.29, 1.82) is 0 Å². The van der Waals surface area contributed by atoms with Crippen LogP contribution in [-0.2, 0) is 6.42 Å². The molecule has 1 N–H and O–H groups in total. The number of aryl methyl sites for hydroxylation is 1. The maximum atomic E-state index is 3.55. The molecule has 1 heterocycles. The van der Waals surface area contributed by atoms with Crippen LogP contribution in [0.5, 0.6) is 0 Å². The van der Waals surface area contributed by atoms with E-state index in [-0.39, 0.29) is 0 Å². The smallest absolute Gasteiger partial charge is 0.0467 e. The van der Waals surface area contributed by atoms with Crippen LogP contribution in [0.4, 0.5) is 0 Å². The van der Waals surface area contributed by atoms with Crippen molar-refractivity contribution in [2.24, 2.45) is 0 Å². The molecule has 3 aromatic rings. The van der Waals surface area contributed by atoms with Gasteiger partial charge in [0.1, 0.15) is 0 Å². The fourth-order valence-corrected chi connectivity index (χ4v) is 3.52. The molecule has 1 nitrogen and oxygen atoms in total. The fourth-order valence-electron chi connectivity index (χ4n) is 3.52. The molecular formula is C22H29N. The zero-order valence-corrected chi connectivity index (χ0v) is 14.4. The van der Waals surface area contributed by atoms with Crippen LogP contribution in [0.1, 0.15) is 63.9 Å². The predicted molar refractivity (Wildman–Crippen MR) is 102 cm³/mol. The first-order valence-corrected chi connectivity index (χ1v) is 9.38. The molecule has 0 aliphatic rings.